The maximum Gasteiger partial charge on any atom is 0.130 e. The number of fused-ring (bicyclic) bond motifs is 1. The van der Waals surface area contributed by atoms with Gasteiger partial charge >= 0.3 is 0 Å². The van der Waals surface area contributed by atoms with Crippen LogP contribution in [0, 0.1) is 11.7 Å². The van der Waals surface area contributed by atoms with Gasteiger partial charge in [-0.05, 0) is 17.4 Å². The second kappa shape index (κ2) is 7.56. The molecule has 2 heteroatoms. The van der Waals surface area contributed by atoms with Gasteiger partial charge in [-0.3, -0.25) is 0 Å². The van der Waals surface area contributed by atoms with Crippen LogP contribution >= 0.6 is 0 Å². The Balaban J connectivity index is 0.00000220. The molecule has 2 aromatic carbocycles. The normalized spacial score (nSPS) is 10.6. The molecular weight excluding hydrogens is 336 g/mol. The number of rotatable bonds is 4. The van der Waals surface area contributed by atoms with Crippen LogP contribution in [0.15, 0.2) is 30.8 Å². The van der Waals surface area contributed by atoms with E-state index in [1.54, 1.807) is 6.08 Å². The fourth-order valence-electron chi connectivity index (χ4n) is 2.61. The van der Waals surface area contributed by atoms with Gasteiger partial charge in [-0.15, -0.1) is 0 Å². The van der Waals surface area contributed by atoms with E-state index in [2.05, 4.69) is 46.4 Å². The monoisotopic (exact) mass is 358 g/mol. The van der Waals surface area contributed by atoms with E-state index < -0.39 is 0 Å². The SMILES string of the molecule is C=Cc1c(F)ccc2cc([C-](C)CC)cc(C(C)C)c12.[Y]. The van der Waals surface area contributed by atoms with Crippen LogP contribution < -0.4 is 0 Å². The molecule has 0 aromatic heterocycles. The second-order valence-electron chi connectivity index (χ2n) is 5.62. The molecule has 0 aliphatic rings. The molecule has 21 heavy (non-hydrogen) atoms. The van der Waals surface area contributed by atoms with Crippen molar-refractivity contribution in [2.75, 3.05) is 0 Å². The molecule has 0 aliphatic carbocycles. The van der Waals surface area contributed by atoms with Crippen LogP contribution in [0.1, 0.15) is 56.7 Å². The molecule has 0 N–H and O–H groups in total. The molecule has 0 saturated heterocycles. The molecule has 1 radical (unpaired) electrons. The van der Waals surface area contributed by atoms with Crippen LogP contribution in [-0.4, -0.2) is 0 Å². The van der Waals surface area contributed by atoms with E-state index in [0.717, 1.165) is 17.2 Å². The minimum Gasteiger partial charge on any atom is -0.206 e. The van der Waals surface area contributed by atoms with Crippen molar-refractivity contribution in [3.05, 3.63) is 59.3 Å². The van der Waals surface area contributed by atoms with Crippen molar-refractivity contribution in [3.63, 3.8) is 0 Å². The molecule has 2 aromatic rings. The smallest absolute Gasteiger partial charge is 0.130 e. The predicted octanol–water partition coefficient (Wildman–Crippen LogP) is 6.10. The minimum absolute atomic E-state index is 0. The molecule has 0 bridgehead atoms. The third kappa shape index (κ3) is 3.58. The van der Waals surface area contributed by atoms with Crippen LogP contribution in [-0.2, 0) is 32.7 Å². The third-order valence-electron chi connectivity index (χ3n) is 3.98. The summed E-state index contributed by atoms with van der Waals surface area (Å²) in [5, 5.41) is 2.10. The molecule has 0 fully saturated rings. The van der Waals surface area contributed by atoms with Gasteiger partial charge in [-0.1, -0.05) is 63.8 Å². The maximum atomic E-state index is 14.0. The summed E-state index contributed by atoms with van der Waals surface area (Å²) in [6, 6.07) is 7.77. The van der Waals surface area contributed by atoms with Crippen LogP contribution in [0.25, 0.3) is 16.8 Å². The van der Waals surface area contributed by atoms with E-state index in [9.17, 15) is 4.39 Å². The summed E-state index contributed by atoms with van der Waals surface area (Å²) in [7, 11) is 0. The molecular formula is C19H22FY-. The summed E-state index contributed by atoms with van der Waals surface area (Å²) >= 11 is 0. The fraction of sp³-hybridized carbons (Fsp3) is 0.316. The Hall–Kier alpha value is -0.656. The minimum atomic E-state index is -0.196. The van der Waals surface area contributed by atoms with Crippen molar-refractivity contribution in [1.29, 1.82) is 0 Å². The Labute approximate surface area is 152 Å². The summed E-state index contributed by atoms with van der Waals surface area (Å²) in [4.78, 5) is 0. The van der Waals surface area contributed by atoms with Crippen LogP contribution in [0.5, 0.6) is 0 Å². The first-order valence-electron chi connectivity index (χ1n) is 7.21. The van der Waals surface area contributed by atoms with Gasteiger partial charge in [-0.25, -0.2) is 4.39 Å². The van der Waals surface area contributed by atoms with Crippen molar-refractivity contribution in [1.82, 2.24) is 0 Å². The average Bonchev–Trinajstić information content (AvgIpc) is 2.45. The van der Waals surface area contributed by atoms with Crippen molar-refractivity contribution < 1.29 is 37.1 Å². The van der Waals surface area contributed by atoms with Gasteiger partial charge in [0.2, 0.25) is 0 Å². The molecule has 0 amide bonds. The van der Waals surface area contributed by atoms with Crippen molar-refractivity contribution in [3.8, 4) is 0 Å². The van der Waals surface area contributed by atoms with Gasteiger partial charge in [0.1, 0.15) is 5.82 Å². The maximum absolute atomic E-state index is 14.0. The van der Waals surface area contributed by atoms with Gasteiger partial charge in [0, 0.05) is 38.3 Å². The summed E-state index contributed by atoms with van der Waals surface area (Å²) in [6.07, 6.45) is 2.65. The zero-order valence-corrected chi connectivity index (χ0v) is 16.2. The largest absolute Gasteiger partial charge is 0.206 e. The zero-order valence-electron chi connectivity index (χ0n) is 13.3. The Morgan fingerprint density at radius 1 is 1.29 bits per heavy atom. The molecule has 0 saturated carbocycles. The number of benzene rings is 2. The Morgan fingerprint density at radius 2 is 1.95 bits per heavy atom. The topological polar surface area (TPSA) is 0 Å². The van der Waals surface area contributed by atoms with E-state index in [1.807, 2.05) is 6.07 Å². The van der Waals surface area contributed by atoms with Gasteiger partial charge in [0.15, 0.2) is 0 Å². The van der Waals surface area contributed by atoms with Crippen molar-refractivity contribution >= 4 is 16.8 Å². The summed E-state index contributed by atoms with van der Waals surface area (Å²) in [5.41, 5.74) is 3.07. The number of hydrogen-bond donors (Lipinski definition) is 0. The molecule has 0 aliphatic heterocycles. The van der Waals surface area contributed by atoms with E-state index >= 15 is 0 Å². The molecule has 0 atom stereocenters. The third-order valence-corrected chi connectivity index (χ3v) is 3.98. The molecule has 109 valence electrons. The first-order valence-corrected chi connectivity index (χ1v) is 7.21. The van der Waals surface area contributed by atoms with Crippen molar-refractivity contribution in [2.45, 2.75) is 40.0 Å². The van der Waals surface area contributed by atoms with Crippen LogP contribution in [0.3, 0.4) is 0 Å². The molecule has 0 unspecified atom stereocenters. The molecule has 0 heterocycles. The first-order chi connectivity index (χ1) is 9.49. The second-order valence-corrected chi connectivity index (χ2v) is 5.62. The van der Waals surface area contributed by atoms with Gasteiger partial charge in [0.25, 0.3) is 0 Å². The Morgan fingerprint density at radius 3 is 2.48 bits per heavy atom. The fourth-order valence-corrected chi connectivity index (χ4v) is 2.61. The molecule has 0 spiro atoms. The van der Waals surface area contributed by atoms with Gasteiger partial charge < -0.3 is 0 Å². The van der Waals surface area contributed by atoms with Crippen molar-refractivity contribution in [2.24, 2.45) is 0 Å². The van der Waals surface area contributed by atoms with Gasteiger partial charge in [0.05, 0.1) is 0 Å². The summed E-state index contributed by atoms with van der Waals surface area (Å²) in [6.45, 7) is 12.4. The first kappa shape index (κ1) is 18.4. The number of hydrogen-bond acceptors (Lipinski definition) is 0. The molecule has 2 rings (SSSR count). The standard InChI is InChI=1S/C19H22F.Y/c1-6-13(5)15-10-14-8-9-18(20)16(7-2)19(14)17(11-15)12(3)4;/h7-12H,2,6H2,1,3-5H3;/q-1;. The van der Waals surface area contributed by atoms with E-state index in [4.69, 9.17) is 0 Å². The Kier molecular flexibility index (Phi) is 6.62. The van der Waals surface area contributed by atoms with Crippen LogP contribution in [0.4, 0.5) is 4.39 Å². The summed E-state index contributed by atoms with van der Waals surface area (Å²) < 4.78 is 14.0. The number of halogens is 1. The van der Waals surface area contributed by atoms with E-state index in [0.29, 0.717) is 11.5 Å². The predicted molar refractivity (Wildman–Crippen MR) is 86.4 cm³/mol. The van der Waals surface area contributed by atoms with E-state index in [-0.39, 0.29) is 38.5 Å². The molecule has 0 nitrogen and oxygen atoms in total. The zero-order chi connectivity index (χ0) is 14.9. The quantitative estimate of drug-likeness (QED) is 0.580. The van der Waals surface area contributed by atoms with Crippen LogP contribution in [0.2, 0.25) is 0 Å². The Bertz CT molecular complexity index is 644. The summed E-state index contributed by atoms with van der Waals surface area (Å²) in [5.74, 6) is 1.51. The van der Waals surface area contributed by atoms with Gasteiger partial charge in [-0.2, -0.15) is 23.6 Å². The van der Waals surface area contributed by atoms with E-state index in [1.165, 1.54) is 23.1 Å². The average molecular weight is 358 g/mol.